The Morgan fingerprint density at radius 2 is 2.03 bits per heavy atom. The van der Waals surface area contributed by atoms with E-state index in [0.717, 1.165) is 37.2 Å². The number of ether oxygens (including phenoxy) is 1. The van der Waals surface area contributed by atoms with Gasteiger partial charge in [0.25, 0.3) is 0 Å². The molecular weight excluding hydrogens is 411 g/mol. The first-order chi connectivity index (χ1) is 15.5. The molecule has 0 aliphatic carbocycles. The standard InChI is InChI=1S/C23H29FN6O2/c1-32-19-9-3-8-17(24)23(19)30-20(31)12-18-22(28-30)21(27-26-18)14-5-2-7-16(11-14)29-10-4-6-15(25)13-29/h2-3,5,7-9,11,15,18,21-22,26-28H,4,6,10,12-13,25H2,1H3. The molecule has 3 aliphatic rings. The second-order valence-corrected chi connectivity index (χ2v) is 8.70. The van der Waals surface area contributed by atoms with Crippen molar-refractivity contribution in [1.82, 2.24) is 16.3 Å². The van der Waals surface area contributed by atoms with Crippen molar-refractivity contribution < 1.29 is 13.9 Å². The molecule has 2 aromatic carbocycles. The molecule has 3 saturated heterocycles. The van der Waals surface area contributed by atoms with Gasteiger partial charge >= 0.3 is 0 Å². The second kappa shape index (κ2) is 8.67. The number of hydrogen-bond acceptors (Lipinski definition) is 7. The average Bonchev–Trinajstić information content (AvgIpc) is 3.21. The van der Waals surface area contributed by atoms with E-state index in [1.54, 1.807) is 12.1 Å². The predicted molar refractivity (Wildman–Crippen MR) is 121 cm³/mol. The second-order valence-electron chi connectivity index (χ2n) is 8.70. The number of hydrazine groups is 2. The van der Waals surface area contributed by atoms with E-state index < -0.39 is 5.82 Å². The lowest BCUT2D eigenvalue weighted by atomic mass is 9.93. The molecule has 4 unspecified atom stereocenters. The number of carbonyl (C=O) groups excluding carboxylic acids is 1. The van der Waals surface area contributed by atoms with Gasteiger partial charge in [-0.3, -0.25) is 10.2 Å². The molecule has 0 aromatic heterocycles. The quantitative estimate of drug-likeness (QED) is 0.574. The highest BCUT2D eigenvalue weighted by Crippen LogP contribution is 2.36. The molecule has 170 valence electrons. The van der Waals surface area contributed by atoms with Crippen LogP contribution in [-0.2, 0) is 4.79 Å². The van der Waals surface area contributed by atoms with Crippen LogP contribution in [0.2, 0.25) is 0 Å². The van der Waals surface area contributed by atoms with Gasteiger partial charge in [-0.2, -0.15) is 0 Å². The summed E-state index contributed by atoms with van der Waals surface area (Å²) >= 11 is 0. The number of nitrogens with zero attached hydrogens (tertiary/aromatic N) is 2. The Bertz CT molecular complexity index is 1000. The average molecular weight is 441 g/mol. The first-order valence-electron chi connectivity index (χ1n) is 11.1. The highest BCUT2D eigenvalue weighted by Gasteiger charge is 2.45. The van der Waals surface area contributed by atoms with Gasteiger partial charge in [0, 0.05) is 37.3 Å². The first-order valence-corrected chi connectivity index (χ1v) is 11.1. The molecule has 0 radical (unpaired) electrons. The van der Waals surface area contributed by atoms with Crippen molar-refractivity contribution in [3.63, 3.8) is 0 Å². The zero-order valence-electron chi connectivity index (χ0n) is 18.1. The van der Waals surface area contributed by atoms with Gasteiger partial charge in [0.1, 0.15) is 11.4 Å². The molecule has 4 atom stereocenters. The maximum absolute atomic E-state index is 14.7. The smallest absolute Gasteiger partial charge is 0.243 e. The number of halogens is 1. The van der Waals surface area contributed by atoms with Crippen LogP contribution in [0.1, 0.15) is 30.9 Å². The number of nitrogens with one attached hydrogen (secondary N) is 3. The number of benzene rings is 2. The highest BCUT2D eigenvalue weighted by molar-refractivity contribution is 5.95. The molecule has 0 spiro atoms. The monoisotopic (exact) mass is 440 g/mol. The Kier molecular flexibility index (Phi) is 5.73. The van der Waals surface area contributed by atoms with Gasteiger partial charge in [-0.1, -0.05) is 18.2 Å². The summed E-state index contributed by atoms with van der Waals surface area (Å²) in [5, 5.41) is 1.30. The summed E-state index contributed by atoms with van der Waals surface area (Å²) in [6, 6.07) is 12.8. The molecule has 0 bridgehead atoms. The maximum atomic E-state index is 14.7. The zero-order chi connectivity index (χ0) is 22.2. The lowest BCUT2D eigenvalue weighted by molar-refractivity contribution is -0.121. The summed E-state index contributed by atoms with van der Waals surface area (Å²) in [7, 11) is 1.47. The number of para-hydroxylation sites is 1. The van der Waals surface area contributed by atoms with Crippen LogP contribution in [0.4, 0.5) is 15.8 Å². The fraction of sp³-hybridized carbons (Fsp3) is 0.435. The van der Waals surface area contributed by atoms with E-state index in [9.17, 15) is 9.18 Å². The summed E-state index contributed by atoms with van der Waals surface area (Å²) in [5.41, 5.74) is 18.3. The molecule has 1 amide bonds. The van der Waals surface area contributed by atoms with Crippen LogP contribution in [0.25, 0.3) is 0 Å². The molecule has 2 aromatic rings. The normalized spacial score (nSPS) is 28.0. The largest absolute Gasteiger partial charge is 0.494 e. The van der Waals surface area contributed by atoms with Gasteiger partial charge in [0.2, 0.25) is 5.91 Å². The minimum atomic E-state index is -0.512. The third kappa shape index (κ3) is 3.81. The van der Waals surface area contributed by atoms with Crippen molar-refractivity contribution in [2.45, 2.75) is 43.4 Å². The lowest BCUT2D eigenvalue weighted by Crippen LogP contribution is -2.60. The molecule has 5 rings (SSSR count). The molecule has 32 heavy (non-hydrogen) atoms. The van der Waals surface area contributed by atoms with Crippen LogP contribution in [0.15, 0.2) is 42.5 Å². The maximum Gasteiger partial charge on any atom is 0.243 e. The van der Waals surface area contributed by atoms with Crippen LogP contribution in [-0.4, -0.2) is 44.2 Å². The Hall–Kier alpha value is -2.72. The zero-order valence-corrected chi connectivity index (χ0v) is 18.1. The number of methoxy groups -OCH3 is 1. The predicted octanol–water partition coefficient (Wildman–Crippen LogP) is 1.59. The number of carbonyl (C=O) groups is 1. The van der Waals surface area contributed by atoms with Crippen molar-refractivity contribution in [3.8, 4) is 5.75 Å². The van der Waals surface area contributed by atoms with E-state index >= 15 is 0 Å². The van der Waals surface area contributed by atoms with Gasteiger partial charge < -0.3 is 15.4 Å². The van der Waals surface area contributed by atoms with Gasteiger partial charge in [-0.25, -0.2) is 20.3 Å². The minimum Gasteiger partial charge on any atom is -0.494 e. The summed E-state index contributed by atoms with van der Waals surface area (Å²) < 4.78 is 20.0. The van der Waals surface area contributed by atoms with E-state index in [0.29, 0.717) is 5.75 Å². The van der Waals surface area contributed by atoms with Crippen LogP contribution >= 0.6 is 0 Å². The summed E-state index contributed by atoms with van der Waals surface area (Å²) in [6.45, 7) is 1.84. The Labute approximate surface area is 186 Å². The lowest BCUT2D eigenvalue weighted by Gasteiger charge is -2.37. The molecule has 5 N–H and O–H groups in total. The summed E-state index contributed by atoms with van der Waals surface area (Å²) in [5.74, 6) is -0.425. The molecule has 0 saturated carbocycles. The van der Waals surface area contributed by atoms with Crippen LogP contribution in [0.3, 0.4) is 0 Å². The van der Waals surface area contributed by atoms with Gasteiger partial charge in [-0.05, 0) is 42.7 Å². The van der Waals surface area contributed by atoms with Crippen LogP contribution in [0.5, 0.6) is 5.75 Å². The minimum absolute atomic E-state index is 0.105. The molecular formula is C23H29FN6O2. The molecule has 8 nitrogen and oxygen atoms in total. The molecule has 3 fully saturated rings. The van der Waals surface area contributed by atoms with Crippen molar-refractivity contribution in [3.05, 3.63) is 53.8 Å². The van der Waals surface area contributed by atoms with Crippen molar-refractivity contribution in [2.24, 2.45) is 5.73 Å². The number of rotatable bonds is 4. The van der Waals surface area contributed by atoms with E-state index in [4.69, 9.17) is 10.5 Å². The Balaban J connectivity index is 1.41. The third-order valence-electron chi connectivity index (χ3n) is 6.58. The van der Waals surface area contributed by atoms with Crippen molar-refractivity contribution in [1.29, 1.82) is 0 Å². The fourth-order valence-electron chi connectivity index (χ4n) is 4.97. The number of piperidine rings is 1. The SMILES string of the molecule is COc1cccc(F)c1N1NC2C(CC1=O)NNC2c1cccc(N2CCCC(N)C2)c1. The molecule has 9 heteroatoms. The van der Waals surface area contributed by atoms with Crippen LogP contribution < -0.4 is 36.7 Å². The fourth-order valence-corrected chi connectivity index (χ4v) is 4.97. The van der Waals surface area contributed by atoms with Gasteiger partial charge in [-0.15, -0.1) is 0 Å². The van der Waals surface area contributed by atoms with E-state index in [1.807, 2.05) is 6.07 Å². The topological polar surface area (TPSA) is 94.9 Å². The first kappa shape index (κ1) is 21.1. The number of fused-ring (bicyclic) bond motifs is 1. The van der Waals surface area contributed by atoms with E-state index in [1.165, 1.54) is 18.2 Å². The number of anilines is 2. The highest BCUT2D eigenvalue weighted by atomic mass is 19.1. The molecule has 3 aliphatic heterocycles. The Morgan fingerprint density at radius 1 is 1.19 bits per heavy atom. The van der Waals surface area contributed by atoms with Gasteiger partial charge in [0.05, 0.1) is 19.2 Å². The van der Waals surface area contributed by atoms with Crippen molar-refractivity contribution >= 4 is 17.3 Å². The van der Waals surface area contributed by atoms with E-state index in [-0.39, 0.29) is 42.2 Å². The molecule has 3 heterocycles. The van der Waals surface area contributed by atoms with E-state index in [2.05, 4.69) is 39.4 Å². The Morgan fingerprint density at radius 3 is 2.84 bits per heavy atom. The third-order valence-corrected chi connectivity index (χ3v) is 6.58. The van der Waals surface area contributed by atoms with Crippen LogP contribution in [0, 0.1) is 5.82 Å². The summed E-state index contributed by atoms with van der Waals surface area (Å²) in [6.07, 6.45) is 2.38. The van der Waals surface area contributed by atoms with Crippen molar-refractivity contribution in [2.75, 3.05) is 30.1 Å². The number of nitrogens with two attached hydrogens (primary N) is 1. The summed E-state index contributed by atoms with van der Waals surface area (Å²) in [4.78, 5) is 15.2. The number of amides is 1. The van der Waals surface area contributed by atoms with Gasteiger partial charge in [0.15, 0.2) is 5.82 Å². The number of hydrogen-bond donors (Lipinski definition) is 4.